The number of azo groups is 2. The topological polar surface area (TPSA) is 262 Å². The minimum Gasteiger partial charge on any atom is -0.870 e. The summed E-state index contributed by atoms with van der Waals surface area (Å²) < 4.78 is 76.9. The van der Waals surface area contributed by atoms with Crippen LogP contribution in [0.2, 0.25) is 0 Å². The molecule has 48 heavy (non-hydrogen) atoms. The second-order valence-corrected chi connectivity index (χ2v) is 12.0. The molecule has 0 saturated heterocycles. The molecule has 0 aliphatic rings. The number of nitrogens with two attached hydrogens (primary N) is 1. The number of nitro benzene ring substituents is 1. The largest absolute Gasteiger partial charge is 1.00 e. The second-order valence-electron chi connectivity index (χ2n) is 9.27. The molecule has 0 aromatic heterocycles. The average Bonchev–Trinajstić information content (AvgIpc) is 3.00. The predicted octanol–water partition coefficient (Wildman–Crippen LogP) is 0.186. The van der Waals surface area contributed by atoms with Gasteiger partial charge in [0, 0.05) is 17.5 Å². The summed E-state index contributed by atoms with van der Waals surface area (Å²) in [7, 11) is -10.5. The van der Waals surface area contributed by atoms with Gasteiger partial charge < -0.3 is 20.1 Å². The van der Waals surface area contributed by atoms with E-state index in [1.807, 2.05) is 0 Å². The molecule has 16 nitrogen and oxygen atoms in total. The molecule has 0 saturated carbocycles. The Hall–Kier alpha value is -3.82. The minimum atomic E-state index is -5.36. The Balaban J connectivity index is 0.00000312. The van der Waals surface area contributed by atoms with Crippen LogP contribution in [0.5, 0.6) is 17.2 Å². The number of fused-ring (bicyclic) bond motifs is 1. The molecule has 234 valence electrons. The van der Waals surface area contributed by atoms with E-state index < -0.39 is 68.5 Å². The maximum atomic E-state index is 13.7. The molecule has 3 N–H and O–H groups in total. The zero-order valence-electron chi connectivity index (χ0n) is 24.9. The number of nitro groups is 1. The standard InChI is InChI=1S/C28H20N6O10S2.2Na/c29-25-24-16(14-22(45(38,39)40)26(25)32-30-17-10-12-18(13-11-17)34(36)37)15-23(46(41,42)43)27(28(24)35)33-31-20-8-4-5-9-21(20)44-19-6-2-1-3-7-19;;/h1-15,35H,29H2,(H,38,39,40)(H,41,42,43);;/q;2*+1/p-2. The third-order valence-corrected chi connectivity index (χ3v) is 7.98. The summed E-state index contributed by atoms with van der Waals surface area (Å²) in [5.41, 5.74) is 3.58. The second kappa shape index (κ2) is 15.6. The summed E-state index contributed by atoms with van der Waals surface area (Å²) in [6.45, 7) is 0. The van der Waals surface area contributed by atoms with Crippen LogP contribution in [-0.4, -0.2) is 30.9 Å². The molecule has 20 heteroatoms. The number of nitrogens with zero attached hydrogens (tertiary/aromatic N) is 5. The normalized spacial score (nSPS) is 11.7. The molecule has 0 bridgehead atoms. The molecule has 0 aliphatic heterocycles. The van der Waals surface area contributed by atoms with Gasteiger partial charge in [-0.3, -0.25) is 14.7 Å². The Labute approximate surface area is 316 Å². The van der Waals surface area contributed by atoms with Gasteiger partial charge in [-0.25, -0.2) is 8.42 Å². The fourth-order valence-corrected chi connectivity index (χ4v) is 5.49. The van der Waals surface area contributed by atoms with Crippen molar-refractivity contribution in [2.24, 2.45) is 20.5 Å². The van der Waals surface area contributed by atoms with E-state index in [2.05, 4.69) is 20.5 Å². The van der Waals surface area contributed by atoms with Gasteiger partial charge in [-0.15, -0.1) is 15.3 Å². The van der Waals surface area contributed by atoms with Crippen molar-refractivity contribution < 1.29 is 99.8 Å². The first kappa shape index (κ1) is 38.6. The summed E-state index contributed by atoms with van der Waals surface area (Å²) in [5.74, 6) is -0.598. The van der Waals surface area contributed by atoms with Crippen LogP contribution in [0.1, 0.15) is 0 Å². The van der Waals surface area contributed by atoms with Gasteiger partial charge in [0.1, 0.15) is 32.1 Å². The molecule has 0 spiro atoms. The van der Waals surface area contributed by atoms with Gasteiger partial charge in [-0.2, -0.15) is 13.5 Å². The van der Waals surface area contributed by atoms with E-state index in [1.165, 1.54) is 24.3 Å². The Kier molecular flexibility index (Phi) is 12.6. The SMILES string of the molecule is Nc1c(N=Nc2ccc([N+](=O)[O-])cc2)c(S(=O)(=O)[O-])cc2cc(S(=O)(=O)O)c(N=Nc3ccccc3Oc3ccccc3)c([O-])c12.[Na+].[Na+]. The van der Waals surface area contributed by atoms with E-state index in [0.29, 0.717) is 17.9 Å². The Bertz CT molecular complexity index is 2290. The molecule has 0 radical (unpaired) electrons. The van der Waals surface area contributed by atoms with Crippen LogP contribution in [0.25, 0.3) is 10.8 Å². The van der Waals surface area contributed by atoms with Crippen LogP contribution in [-0.2, 0) is 20.2 Å². The predicted molar refractivity (Wildman–Crippen MR) is 160 cm³/mol. The summed E-state index contributed by atoms with van der Waals surface area (Å²) in [4.78, 5) is 8.13. The molecular weight excluding hydrogens is 690 g/mol. The monoisotopic (exact) mass is 708 g/mol. The smallest absolute Gasteiger partial charge is 0.870 e. The van der Waals surface area contributed by atoms with Gasteiger partial charge in [0.25, 0.3) is 15.8 Å². The van der Waals surface area contributed by atoms with Crippen LogP contribution in [0, 0.1) is 10.1 Å². The Morgan fingerprint density at radius 3 is 1.96 bits per heavy atom. The van der Waals surface area contributed by atoms with Crippen molar-refractivity contribution in [1.82, 2.24) is 0 Å². The number of non-ortho nitro benzene ring substituents is 1. The van der Waals surface area contributed by atoms with E-state index in [0.717, 1.165) is 12.1 Å². The summed E-state index contributed by atoms with van der Waals surface area (Å²) in [6.07, 6.45) is 0. The van der Waals surface area contributed by atoms with E-state index in [9.17, 15) is 41.2 Å². The molecule has 0 fully saturated rings. The maximum Gasteiger partial charge on any atom is 1.00 e. The van der Waals surface area contributed by atoms with Gasteiger partial charge in [0.15, 0.2) is 5.75 Å². The van der Waals surface area contributed by atoms with Crippen molar-refractivity contribution in [3.63, 3.8) is 0 Å². The van der Waals surface area contributed by atoms with Gasteiger partial charge >= 0.3 is 59.1 Å². The van der Waals surface area contributed by atoms with Crippen molar-refractivity contribution in [1.29, 1.82) is 0 Å². The van der Waals surface area contributed by atoms with Gasteiger partial charge in [-0.1, -0.05) is 36.1 Å². The third kappa shape index (κ3) is 8.60. The Morgan fingerprint density at radius 1 is 0.771 bits per heavy atom. The molecule has 0 unspecified atom stereocenters. The van der Waals surface area contributed by atoms with Crippen LogP contribution < -0.4 is 74.7 Å². The van der Waals surface area contributed by atoms with E-state index >= 15 is 0 Å². The molecule has 0 heterocycles. The first-order chi connectivity index (χ1) is 21.7. The third-order valence-electron chi connectivity index (χ3n) is 6.26. The zero-order chi connectivity index (χ0) is 33.2. The van der Waals surface area contributed by atoms with Crippen LogP contribution in [0.3, 0.4) is 0 Å². The van der Waals surface area contributed by atoms with Crippen LogP contribution >= 0.6 is 0 Å². The van der Waals surface area contributed by atoms with E-state index in [4.69, 9.17) is 10.5 Å². The minimum absolute atomic E-state index is 0. The van der Waals surface area contributed by atoms with Crippen molar-refractivity contribution >= 4 is 65.1 Å². The fourth-order valence-electron chi connectivity index (χ4n) is 4.17. The van der Waals surface area contributed by atoms with E-state index in [1.54, 1.807) is 42.5 Å². The molecule has 5 aromatic rings. The molecular formula is C28H18N6Na2O10S2. The number of ether oxygens (including phenoxy) is 1. The summed E-state index contributed by atoms with van der Waals surface area (Å²) in [6, 6.07) is 20.6. The van der Waals surface area contributed by atoms with Gasteiger partial charge in [0.2, 0.25) is 0 Å². The molecule has 0 aliphatic carbocycles. The van der Waals surface area contributed by atoms with E-state index in [-0.39, 0.29) is 81.9 Å². The zero-order valence-corrected chi connectivity index (χ0v) is 30.5. The number of rotatable bonds is 9. The number of hydrogen-bond acceptors (Lipinski definition) is 14. The van der Waals surface area contributed by atoms with Crippen LogP contribution in [0.15, 0.2) is 121 Å². The van der Waals surface area contributed by atoms with Crippen molar-refractivity contribution in [2.75, 3.05) is 5.73 Å². The first-order valence-electron chi connectivity index (χ1n) is 12.7. The maximum absolute atomic E-state index is 13.7. The van der Waals surface area contributed by atoms with Gasteiger partial charge in [0.05, 0.1) is 26.9 Å². The first-order valence-corrected chi connectivity index (χ1v) is 15.5. The molecule has 0 atom stereocenters. The fraction of sp³-hybridized carbons (Fsp3) is 0. The molecule has 0 amide bonds. The summed E-state index contributed by atoms with van der Waals surface area (Å²) in [5, 5.41) is 38.9. The number of para-hydroxylation sites is 2. The van der Waals surface area contributed by atoms with Crippen LogP contribution in [0.4, 0.5) is 34.1 Å². The number of nitrogen functional groups attached to an aromatic ring is 1. The Morgan fingerprint density at radius 2 is 1.35 bits per heavy atom. The average molecular weight is 709 g/mol. The van der Waals surface area contributed by atoms with Gasteiger partial charge in [-0.05, 0) is 53.9 Å². The number of hydrogen-bond donors (Lipinski definition) is 2. The molecule has 5 aromatic carbocycles. The summed E-state index contributed by atoms with van der Waals surface area (Å²) >= 11 is 0. The number of anilines is 1. The molecule has 5 rings (SSSR count). The van der Waals surface area contributed by atoms with Crippen molar-refractivity contribution in [2.45, 2.75) is 9.79 Å². The van der Waals surface area contributed by atoms with Crippen molar-refractivity contribution in [3.8, 4) is 17.2 Å². The quantitative estimate of drug-likeness (QED) is 0.0521. The number of benzene rings is 5. The van der Waals surface area contributed by atoms with Crippen molar-refractivity contribution in [3.05, 3.63) is 101 Å².